The van der Waals surface area contributed by atoms with Crippen molar-refractivity contribution in [3.63, 3.8) is 0 Å². The molecule has 12 unspecified atom stereocenters. The zero-order valence-electron chi connectivity index (χ0n) is 22.1. The Labute approximate surface area is 218 Å². The van der Waals surface area contributed by atoms with Gasteiger partial charge in [0, 0.05) is 14.0 Å². The van der Waals surface area contributed by atoms with Crippen molar-refractivity contribution < 1.29 is 43.4 Å². The van der Waals surface area contributed by atoms with Crippen molar-refractivity contribution in [3.8, 4) is 0 Å². The van der Waals surface area contributed by atoms with Gasteiger partial charge in [-0.1, -0.05) is 18.6 Å². The van der Waals surface area contributed by atoms with E-state index in [9.17, 15) is 15.0 Å². The number of fused-ring (bicyclic) bond motifs is 3. The number of rotatable bonds is 3. The highest BCUT2D eigenvalue weighted by Gasteiger charge is 2.58. The van der Waals surface area contributed by atoms with E-state index in [0.717, 1.165) is 32.1 Å². The second-order valence-corrected chi connectivity index (χ2v) is 12.1. The fourth-order valence-electron chi connectivity index (χ4n) is 7.89. The first-order chi connectivity index (χ1) is 17.6. The molecule has 0 amide bonds. The van der Waals surface area contributed by atoms with E-state index in [0.29, 0.717) is 13.0 Å². The van der Waals surface area contributed by atoms with Gasteiger partial charge in [0.05, 0.1) is 36.9 Å². The van der Waals surface area contributed by atoms with Gasteiger partial charge in [0.2, 0.25) is 5.79 Å². The highest BCUT2D eigenvalue weighted by molar-refractivity contribution is 5.74. The summed E-state index contributed by atoms with van der Waals surface area (Å²) in [7, 11) is 1.47. The van der Waals surface area contributed by atoms with Gasteiger partial charge in [0.15, 0.2) is 6.29 Å². The zero-order chi connectivity index (χ0) is 26.1. The van der Waals surface area contributed by atoms with Crippen molar-refractivity contribution >= 4 is 5.97 Å². The van der Waals surface area contributed by atoms with E-state index in [1.807, 2.05) is 13.2 Å². The highest BCUT2D eigenvalue weighted by atomic mass is 16.7. The molecule has 12 atom stereocenters. The van der Waals surface area contributed by atoms with Crippen molar-refractivity contribution in [2.45, 2.75) is 108 Å². The van der Waals surface area contributed by atoms with Crippen molar-refractivity contribution in [2.24, 2.45) is 23.2 Å². The SMILES string of the molecule is COC1C(O)C(C)OC(OC2CCC3(C)C(=CCC4C(=O)OC5COC6(C)OC=C(CCC43)C56)C2)C1O. The van der Waals surface area contributed by atoms with Crippen LogP contribution in [-0.2, 0) is 33.2 Å². The van der Waals surface area contributed by atoms with Gasteiger partial charge in [0.1, 0.15) is 24.4 Å². The average molecular weight is 521 g/mol. The topological polar surface area (TPSA) is 113 Å². The molecule has 0 aromatic heterocycles. The molecule has 9 nitrogen and oxygen atoms in total. The Balaban J connectivity index is 1.19. The second-order valence-electron chi connectivity index (χ2n) is 12.1. The summed E-state index contributed by atoms with van der Waals surface area (Å²) in [5, 5.41) is 21.0. The molecule has 3 saturated heterocycles. The minimum atomic E-state index is -1.07. The summed E-state index contributed by atoms with van der Waals surface area (Å²) in [6.45, 7) is 6.35. The van der Waals surface area contributed by atoms with Gasteiger partial charge in [-0.05, 0) is 62.4 Å². The lowest BCUT2D eigenvalue weighted by Gasteiger charge is -2.51. The number of ether oxygens (including phenoxy) is 6. The summed E-state index contributed by atoms with van der Waals surface area (Å²) >= 11 is 0. The van der Waals surface area contributed by atoms with Crippen molar-refractivity contribution in [1.29, 1.82) is 0 Å². The molecule has 1 saturated carbocycles. The minimum Gasteiger partial charge on any atom is -0.469 e. The van der Waals surface area contributed by atoms with Crippen LogP contribution < -0.4 is 0 Å². The number of aliphatic hydroxyl groups is 2. The van der Waals surface area contributed by atoms with E-state index in [-0.39, 0.29) is 41.3 Å². The molecule has 2 aliphatic carbocycles. The summed E-state index contributed by atoms with van der Waals surface area (Å²) in [6.07, 6.45) is 4.30. The maximum absolute atomic E-state index is 13.5. The molecule has 0 aromatic rings. The summed E-state index contributed by atoms with van der Waals surface area (Å²) in [6, 6.07) is 0. The van der Waals surface area contributed by atoms with E-state index in [1.165, 1.54) is 18.3 Å². The molecule has 0 aromatic carbocycles. The van der Waals surface area contributed by atoms with Crippen LogP contribution in [0.15, 0.2) is 23.5 Å². The summed E-state index contributed by atoms with van der Waals surface area (Å²) in [4.78, 5) is 13.5. The Hall–Kier alpha value is -1.49. The molecule has 0 bridgehead atoms. The molecule has 0 radical (unpaired) electrons. The van der Waals surface area contributed by atoms with Gasteiger partial charge in [0.25, 0.3) is 0 Å². The van der Waals surface area contributed by atoms with Gasteiger partial charge in [-0.3, -0.25) is 4.79 Å². The molecule has 6 aliphatic rings. The predicted molar refractivity (Wildman–Crippen MR) is 130 cm³/mol. The first kappa shape index (κ1) is 25.8. The normalized spacial score (nSPS) is 51.2. The van der Waals surface area contributed by atoms with Gasteiger partial charge < -0.3 is 38.6 Å². The van der Waals surface area contributed by atoms with E-state index in [2.05, 4.69) is 13.0 Å². The van der Waals surface area contributed by atoms with E-state index < -0.39 is 36.5 Å². The third kappa shape index (κ3) is 4.08. The predicted octanol–water partition coefficient (Wildman–Crippen LogP) is 2.59. The highest BCUT2D eigenvalue weighted by Crippen LogP contribution is 2.57. The monoisotopic (exact) mass is 520 g/mol. The van der Waals surface area contributed by atoms with Crippen LogP contribution in [0.25, 0.3) is 0 Å². The Morgan fingerprint density at radius 1 is 1.16 bits per heavy atom. The van der Waals surface area contributed by atoms with Crippen molar-refractivity contribution in [2.75, 3.05) is 13.7 Å². The van der Waals surface area contributed by atoms with Gasteiger partial charge >= 0.3 is 5.97 Å². The Kier molecular flexibility index (Phi) is 6.49. The maximum atomic E-state index is 13.5. The van der Waals surface area contributed by atoms with Crippen LogP contribution in [0.1, 0.15) is 59.3 Å². The third-order valence-electron chi connectivity index (χ3n) is 10.1. The first-order valence-corrected chi connectivity index (χ1v) is 13.7. The second kappa shape index (κ2) is 9.31. The number of allylic oxidation sites excluding steroid dienone is 1. The number of esters is 1. The summed E-state index contributed by atoms with van der Waals surface area (Å²) < 4.78 is 35.3. The number of methoxy groups -OCH3 is 1. The number of hydrogen-bond donors (Lipinski definition) is 2. The minimum absolute atomic E-state index is 0.0419. The van der Waals surface area contributed by atoms with E-state index in [4.69, 9.17) is 28.4 Å². The van der Waals surface area contributed by atoms with E-state index >= 15 is 0 Å². The van der Waals surface area contributed by atoms with Crippen LogP contribution in [0, 0.1) is 23.2 Å². The lowest BCUT2D eigenvalue weighted by atomic mass is 9.55. The van der Waals surface area contributed by atoms with Crippen LogP contribution in [0.4, 0.5) is 0 Å². The molecule has 206 valence electrons. The van der Waals surface area contributed by atoms with Crippen molar-refractivity contribution in [1.82, 2.24) is 0 Å². The van der Waals surface area contributed by atoms with Crippen LogP contribution in [0.5, 0.6) is 0 Å². The quantitative estimate of drug-likeness (QED) is 0.428. The Morgan fingerprint density at radius 3 is 2.76 bits per heavy atom. The molecule has 6 rings (SSSR count). The van der Waals surface area contributed by atoms with Gasteiger partial charge in [-0.15, -0.1) is 0 Å². The van der Waals surface area contributed by atoms with Crippen LogP contribution in [0.3, 0.4) is 0 Å². The fraction of sp³-hybridized carbons (Fsp3) is 0.821. The zero-order valence-corrected chi connectivity index (χ0v) is 22.1. The van der Waals surface area contributed by atoms with Gasteiger partial charge in [-0.2, -0.15) is 0 Å². The van der Waals surface area contributed by atoms with Crippen LogP contribution in [0.2, 0.25) is 0 Å². The smallest absolute Gasteiger partial charge is 0.309 e. The number of aliphatic hydroxyl groups excluding tert-OH is 2. The number of hydrogen-bond acceptors (Lipinski definition) is 9. The Bertz CT molecular complexity index is 979. The molecule has 4 heterocycles. The Morgan fingerprint density at radius 2 is 1.97 bits per heavy atom. The molecular weight excluding hydrogens is 480 g/mol. The molecule has 2 N–H and O–H groups in total. The molecule has 4 fully saturated rings. The number of carbonyl (C=O) groups excluding carboxylic acids is 1. The molecule has 0 spiro atoms. The van der Waals surface area contributed by atoms with Crippen molar-refractivity contribution in [3.05, 3.63) is 23.5 Å². The lowest BCUT2D eigenvalue weighted by Crippen LogP contribution is -2.59. The maximum Gasteiger partial charge on any atom is 0.309 e. The van der Waals surface area contributed by atoms with E-state index in [1.54, 1.807) is 6.92 Å². The average Bonchev–Trinajstić information content (AvgIpc) is 3.38. The van der Waals surface area contributed by atoms with Crippen LogP contribution >= 0.6 is 0 Å². The first-order valence-electron chi connectivity index (χ1n) is 13.7. The largest absolute Gasteiger partial charge is 0.469 e. The third-order valence-corrected chi connectivity index (χ3v) is 10.1. The van der Waals surface area contributed by atoms with Crippen LogP contribution in [-0.4, -0.2) is 78.6 Å². The molecule has 37 heavy (non-hydrogen) atoms. The lowest BCUT2D eigenvalue weighted by molar-refractivity contribution is -0.309. The molecule has 4 aliphatic heterocycles. The fourth-order valence-corrected chi connectivity index (χ4v) is 7.89. The number of carbonyl (C=O) groups is 1. The van der Waals surface area contributed by atoms with Gasteiger partial charge in [-0.25, -0.2) is 0 Å². The molecule has 9 heteroatoms. The molecular formula is C28H40O9. The summed E-state index contributed by atoms with van der Waals surface area (Å²) in [5.74, 6) is -0.910. The summed E-state index contributed by atoms with van der Waals surface area (Å²) in [5.41, 5.74) is 2.36. The standard InChI is InChI=1S/C28H40O9/c1-14-22(29)24(32-4)23(30)26(35-14)36-17-9-10-27(2)16(11-17)6-7-18-19(27)8-5-15-12-33-28(3)21(15)20(13-34-28)37-25(18)31/h6,12,14,17-24,26,29-30H,5,7-11,13H2,1-4H3.